The number of aromatic nitrogens is 2. The Morgan fingerprint density at radius 2 is 1.84 bits per heavy atom. The number of nitrogens with one attached hydrogen (secondary N) is 1. The summed E-state index contributed by atoms with van der Waals surface area (Å²) in [6.45, 7) is 6.24. The minimum atomic E-state index is -2.88. The zero-order valence-corrected chi connectivity index (χ0v) is 18.2. The number of fused-ring (bicyclic) bond motifs is 1. The Kier molecular flexibility index (Phi) is 6.36. The van der Waals surface area contributed by atoms with Gasteiger partial charge in [-0.25, -0.2) is 23.1 Å². The second-order valence-electron chi connectivity index (χ2n) is 7.68. The number of alkyl halides is 2. The molecule has 0 aliphatic carbocycles. The zero-order chi connectivity index (χ0) is 22.8. The monoisotopic (exact) mass is 446 g/mol. The largest absolute Gasteiger partial charge is 0.495 e. The van der Waals surface area contributed by atoms with Crippen LogP contribution in [-0.4, -0.2) is 43.4 Å². The molecule has 1 saturated heterocycles. The molecule has 2 heterocycles. The van der Waals surface area contributed by atoms with Crippen molar-refractivity contribution < 1.29 is 22.6 Å². The van der Waals surface area contributed by atoms with Gasteiger partial charge in [0.25, 0.3) is 6.43 Å². The topological polar surface area (TPSA) is 59.5 Å². The van der Waals surface area contributed by atoms with E-state index >= 15 is 0 Å². The molecule has 6 nitrogen and oxygen atoms in total. The van der Waals surface area contributed by atoms with Crippen molar-refractivity contribution in [3.8, 4) is 5.75 Å². The quantitative estimate of drug-likeness (QED) is 0.573. The van der Waals surface area contributed by atoms with Crippen LogP contribution in [0.1, 0.15) is 36.3 Å². The molecule has 1 atom stereocenters. The summed E-state index contributed by atoms with van der Waals surface area (Å²) >= 11 is 0. The third-order valence-corrected chi connectivity index (χ3v) is 5.57. The zero-order valence-electron chi connectivity index (χ0n) is 18.2. The summed E-state index contributed by atoms with van der Waals surface area (Å²) in [6.07, 6.45) is -2.88. The number of hydrogen-bond acceptors (Lipinski definition) is 6. The number of hydrogen-bond donors (Lipinski definition) is 1. The van der Waals surface area contributed by atoms with Gasteiger partial charge in [0, 0.05) is 24.0 Å². The Bertz CT molecular complexity index is 1120. The number of anilines is 2. The molecule has 0 bridgehead atoms. The molecule has 1 aromatic heterocycles. The van der Waals surface area contributed by atoms with Gasteiger partial charge in [0.05, 0.1) is 43.1 Å². The predicted molar refractivity (Wildman–Crippen MR) is 117 cm³/mol. The van der Waals surface area contributed by atoms with Gasteiger partial charge in [-0.15, -0.1) is 0 Å². The van der Waals surface area contributed by atoms with E-state index in [1.807, 2.05) is 12.1 Å². The van der Waals surface area contributed by atoms with Gasteiger partial charge in [-0.3, -0.25) is 0 Å². The van der Waals surface area contributed by atoms with E-state index in [0.717, 1.165) is 24.8 Å². The van der Waals surface area contributed by atoms with Gasteiger partial charge in [-0.05, 0) is 26.0 Å². The number of benzene rings is 2. The van der Waals surface area contributed by atoms with E-state index < -0.39 is 23.8 Å². The summed E-state index contributed by atoms with van der Waals surface area (Å²) in [5.41, 5.74) is 1.15. The number of halogens is 3. The van der Waals surface area contributed by atoms with Crippen LogP contribution in [0.3, 0.4) is 0 Å². The Labute approximate surface area is 184 Å². The third-order valence-electron chi connectivity index (χ3n) is 5.57. The van der Waals surface area contributed by atoms with Crippen molar-refractivity contribution in [1.82, 2.24) is 9.97 Å². The van der Waals surface area contributed by atoms with Crippen molar-refractivity contribution in [1.29, 1.82) is 0 Å². The molecule has 3 aromatic rings. The van der Waals surface area contributed by atoms with E-state index in [4.69, 9.17) is 9.47 Å². The van der Waals surface area contributed by atoms with Crippen LogP contribution < -0.4 is 15.0 Å². The van der Waals surface area contributed by atoms with Crippen molar-refractivity contribution >= 4 is 22.4 Å². The smallest absolute Gasteiger partial charge is 0.266 e. The summed E-state index contributed by atoms with van der Waals surface area (Å²) in [5, 5.41) is 3.87. The average molecular weight is 446 g/mol. The molecule has 1 aliphatic heterocycles. The minimum absolute atomic E-state index is 0.143. The fourth-order valence-electron chi connectivity index (χ4n) is 3.94. The van der Waals surface area contributed by atoms with Crippen LogP contribution in [0.4, 0.5) is 24.7 Å². The first kappa shape index (κ1) is 22.1. The lowest BCUT2D eigenvalue weighted by atomic mass is 10.0. The second-order valence-corrected chi connectivity index (χ2v) is 7.68. The lowest BCUT2D eigenvalue weighted by molar-refractivity contribution is 0.122. The van der Waals surface area contributed by atoms with Crippen molar-refractivity contribution in [3.05, 3.63) is 53.1 Å². The molecule has 32 heavy (non-hydrogen) atoms. The van der Waals surface area contributed by atoms with Gasteiger partial charge >= 0.3 is 0 Å². The number of nitrogens with zero attached hydrogens (tertiary/aromatic N) is 3. The number of aryl methyl sites for hydroxylation is 1. The number of methoxy groups -OCH3 is 1. The summed E-state index contributed by atoms with van der Waals surface area (Å²) in [7, 11) is 1.60. The van der Waals surface area contributed by atoms with Crippen LogP contribution in [-0.2, 0) is 4.74 Å². The van der Waals surface area contributed by atoms with Crippen LogP contribution in [0.25, 0.3) is 10.9 Å². The van der Waals surface area contributed by atoms with Crippen LogP contribution in [0.2, 0.25) is 0 Å². The van der Waals surface area contributed by atoms with Gasteiger partial charge in [-0.2, -0.15) is 0 Å². The molecule has 1 aliphatic rings. The van der Waals surface area contributed by atoms with Gasteiger partial charge in [0.1, 0.15) is 23.2 Å². The van der Waals surface area contributed by atoms with E-state index in [2.05, 4.69) is 20.2 Å². The van der Waals surface area contributed by atoms with E-state index in [9.17, 15) is 13.2 Å². The molecule has 9 heteroatoms. The predicted octanol–water partition coefficient (Wildman–Crippen LogP) is 5.03. The first-order valence-electron chi connectivity index (χ1n) is 10.4. The Hall–Kier alpha value is -3.07. The Morgan fingerprint density at radius 1 is 1.12 bits per heavy atom. The molecule has 0 amide bonds. The first-order valence-corrected chi connectivity index (χ1v) is 10.4. The molecule has 0 radical (unpaired) electrons. The number of morpholine rings is 1. The molecule has 2 aromatic carbocycles. The van der Waals surface area contributed by atoms with Crippen molar-refractivity contribution in [2.45, 2.75) is 26.3 Å². The van der Waals surface area contributed by atoms with Crippen LogP contribution in [0.15, 0.2) is 30.3 Å². The summed E-state index contributed by atoms with van der Waals surface area (Å²) in [4.78, 5) is 11.2. The van der Waals surface area contributed by atoms with Crippen molar-refractivity contribution in [3.63, 3.8) is 0 Å². The summed E-state index contributed by atoms with van der Waals surface area (Å²) in [6, 6.07) is 7.21. The van der Waals surface area contributed by atoms with E-state index in [-0.39, 0.29) is 5.56 Å². The lowest BCUT2D eigenvalue weighted by Gasteiger charge is -2.30. The fourth-order valence-corrected chi connectivity index (χ4v) is 3.94. The SMILES string of the molecule is COc1cc2c(NC(C)c3cccc(C(F)F)c3F)nc(C)nc2cc1N1CCOCC1. The number of rotatable bonds is 6. The summed E-state index contributed by atoms with van der Waals surface area (Å²) in [5.74, 6) is 0.763. The molecular weight excluding hydrogens is 421 g/mol. The van der Waals surface area contributed by atoms with Crippen molar-refractivity contribution in [2.24, 2.45) is 0 Å². The highest BCUT2D eigenvalue weighted by molar-refractivity contribution is 5.94. The molecule has 1 unspecified atom stereocenters. The molecule has 0 spiro atoms. The highest BCUT2D eigenvalue weighted by Gasteiger charge is 2.22. The third kappa shape index (κ3) is 4.29. The van der Waals surface area contributed by atoms with E-state index in [1.165, 1.54) is 12.1 Å². The molecular formula is C23H25F3N4O2. The maximum atomic E-state index is 14.7. The highest BCUT2D eigenvalue weighted by Crippen LogP contribution is 2.36. The first-order chi connectivity index (χ1) is 15.4. The van der Waals surface area contributed by atoms with Gasteiger partial charge in [0.15, 0.2) is 0 Å². The van der Waals surface area contributed by atoms with Gasteiger partial charge in [-0.1, -0.05) is 18.2 Å². The van der Waals surface area contributed by atoms with Crippen LogP contribution in [0.5, 0.6) is 5.75 Å². The van der Waals surface area contributed by atoms with Crippen molar-refractivity contribution in [2.75, 3.05) is 43.6 Å². The molecule has 170 valence electrons. The molecule has 4 rings (SSSR count). The maximum absolute atomic E-state index is 14.7. The lowest BCUT2D eigenvalue weighted by Crippen LogP contribution is -2.36. The highest BCUT2D eigenvalue weighted by atomic mass is 19.3. The summed E-state index contributed by atoms with van der Waals surface area (Å²) < 4.78 is 52.0. The standard InChI is InChI=1S/C23H25F3N4O2/c1-13(15-5-4-6-16(21(15)24)22(25)26)27-23-17-11-20(31-3)19(30-7-9-32-10-8-30)12-18(17)28-14(2)29-23/h4-6,11-13,22H,7-10H2,1-3H3,(H,27,28,29). The normalized spacial score (nSPS) is 15.3. The van der Waals surface area contributed by atoms with Gasteiger partial charge in [0.2, 0.25) is 0 Å². The van der Waals surface area contributed by atoms with E-state index in [1.54, 1.807) is 21.0 Å². The molecule has 0 saturated carbocycles. The van der Waals surface area contributed by atoms with Crippen LogP contribution in [0, 0.1) is 12.7 Å². The molecule has 1 fully saturated rings. The second kappa shape index (κ2) is 9.20. The average Bonchev–Trinajstić information content (AvgIpc) is 2.78. The van der Waals surface area contributed by atoms with Crippen LogP contribution >= 0.6 is 0 Å². The minimum Gasteiger partial charge on any atom is -0.495 e. The molecule has 1 N–H and O–H groups in total. The Morgan fingerprint density at radius 3 is 2.53 bits per heavy atom. The van der Waals surface area contributed by atoms with E-state index in [0.29, 0.717) is 41.5 Å². The number of ether oxygens (including phenoxy) is 2. The van der Waals surface area contributed by atoms with Gasteiger partial charge < -0.3 is 19.7 Å². The fraction of sp³-hybridized carbons (Fsp3) is 0.391. The maximum Gasteiger partial charge on any atom is 0.266 e. The Balaban J connectivity index is 1.74.